The second kappa shape index (κ2) is 7.76. The van der Waals surface area contributed by atoms with E-state index in [0.29, 0.717) is 37.3 Å². The molecule has 28 heavy (non-hydrogen) atoms. The fourth-order valence-electron chi connectivity index (χ4n) is 3.59. The molecule has 1 aliphatic heterocycles. The summed E-state index contributed by atoms with van der Waals surface area (Å²) in [5.74, 6) is 0.0109. The first-order chi connectivity index (χ1) is 13.6. The average Bonchev–Trinajstić information content (AvgIpc) is 3.16. The molecule has 1 saturated heterocycles. The SMILES string of the molecule is Cc1nn(-c2ccccc2)nc1C(=O)N1CCC(C(=O)c2ccccc2)CC1. The molecule has 142 valence electrons. The lowest BCUT2D eigenvalue weighted by Crippen LogP contribution is -2.40. The number of hydrogen-bond donors (Lipinski definition) is 0. The highest BCUT2D eigenvalue weighted by atomic mass is 16.2. The number of nitrogens with zero attached hydrogens (tertiary/aromatic N) is 4. The number of hydrogen-bond acceptors (Lipinski definition) is 4. The second-order valence-electron chi connectivity index (χ2n) is 7.06. The summed E-state index contributed by atoms with van der Waals surface area (Å²) in [4.78, 5) is 28.8. The lowest BCUT2D eigenvalue weighted by molar-refractivity contribution is 0.0644. The van der Waals surface area contributed by atoms with Gasteiger partial charge in [-0.1, -0.05) is 48.5 Å². The number of rotatable bonds is 4. The molecule has 0 bridgehead atoms. The Morgan fingerprint density at radius 3 is 2.14 bits per heavy atom. The molecule has 0 saturated carbocycles. The molecule has 0 spiro atoms. The molecule has 0 aliphatic carbocycles. The molecular weight excluding hydrogens is 352 g/mol. The van der Waals surface area contributed by atoms with Gasteiger partial charge in [-0.3, -0.25) is 9.59 Å². The molecule has 1 aliphatic rings. The zero-order chi connectivity index (χ0) is 19.5. The molecule has 6 heteroatoms. The molecule has 4 rings (SSSR count). The lowest BCUT2D eigenvalue weighted by Gasteiger charge is -2.31. The van der Waals surface area contributed by atoms with Crippen molar-refractivity contribution >= 4 is 11.7 Å². The Labute approximate surface area is 163 Å². The molecule has 1 fully saturated rings. The van der Waals surface area contributed by atoms with Crippen molar-refractivity contribution in [2.24, 2.45) is 5.92 Å². The van der Waals surface area contributed by atoms with Gasteiger partial charge in [0.05, 0.1) is 11.4 Å². The van der Waals surface area contributed by atoms with E-state index >= 15 is 0 Å². The van der Waals surface area contributed by atoms with Crippen molar-refractivity contribution in [1.29, 1.82) is 0 Å². The number of amides is 1. The van der Waals surface area contributed by atoms with Crippen LogP contribution in [0.2, 0.25) is 0 Å². The van der Waals surface area contributed by atoms with Gasteiger partial charge in [0.1, 0.15) is 0 Å². The van der Waals surface area contributed by atoms with Gasteiger partial charge in [0.15, 0.2) is 11.5 Å². The predicted molar refractivity (Wildman–Crippen MR) is 105 cm³/mol. The zero-order valence-corrected chi connectivity index (χ0v) is 15.8. The number of Topliss-reactive ketones (excluding diaryl/α,β-unsaturated/α-hetero) is 1. The van der Waals surface area contributed by atoms with Gasteiger partial charge >= 0.3 is 0 Å². The van der Waals surface area contributed by atoms with E-state index in [1.807, 2.05) is 60.7 Å². The van der Waals surface area contributed by atoms with Gasteiger partial charge in [-0.2, -0.15) is 9.90 Å². The Hall–Kier alpha value is -3.28. The van der Waals surface area contributed by atoms with Crippen molar-refractivity contribution < 1.29 is 9.59 Å². The normalized spacial score (nSPS) is 14.8. The van der Waals surface area contributed by atoms with E-state index in [0.717, 1.165) is 11.3 Å². The molecule has 0 atom stereocenters. The van der Waals surface area contributed by atoms with Crippen LogP contribution in [-0.4, -0.2) is 44.7 Å². The van der Waals surface area contributed by atoms with Gasteiger partial charge in [-0.05, 0) is 31.9 Å². The quantitative estimate of drug-likeness (QED) is 0.657. The Morgan fingerprint density at radius 1 is 0.893 bits per heavy atom. The minimum absolute atomic E-state index is 0.0347. The van der Waals surface area contributed by atoms with Crippen molar-refractivity contribution in [2.75, 3.05) is 13.1 Å². The molecule has 0 unspecified atom stereocenters. The first kappa shape index (κ1) is 18.1. The molecule has 1 amide bonds. The fourth-order valence-corrected chi connectivity index (χ4v) is 3.59. The third kappa shape index (κ3) is 3.58. The standard InChI is InChI=1S/C22H22N4O2/c1-16-20(24-26(23-16)19-10-6-3-7-11-19)22(28)25-14-12-18(13-15-25)21(27)17-8-4-2-5-9-17/h2-11,18H,12-15H2,1H3. The Bertz CT molecular complexity index is 974. The lowest BCUT2D eigenvalue weighted by atomic mass is 9.89. The summed E-state index contributed by atoms with van der Waals surface area (Å²) in [5, 5.41) is 8.79. The summed E-state index contributed by atoms with van der Waals surface area (Å²) < 4.78 is 0. The summed E-state index contributed by atoms with van der Waals surface area (Å²) in [6, 6.07) is 18.9. The molecule has 2 aromatic carbocycles. The highest BCUT2D eigenvalue weighted by molar-refractivity contribution is 5.98. The van der Waals surface area contributed by atoms with Crippen LogP contribution < -0.4 is 0 Å². The minimum atomic E-state index is -0.120. The van der Waals surface area contributed by atoms with Crippen molar-refractivity contribution in [1.82, 2.24) is 19.9 Å². The monoisotopic (exact) mass is 374 g/mol. The van der Waals surface area contributed by atoms with E-state index in [2.05, 4.69) is 10.2 Å². The maximum Gasteiger partial charge on any atom is 0.276 e. The Balaban J connectivity index is 1.43. The van der Waals surface area contributed by atoms with Crippen molar-refractivity contribution in [3.8, 4) is 5.69 Å². The number of ketones is 1. The minimum Gasteiger partial charge on any atom is -0.337 e. The number of carbonyl (C=O) groups excluding carboxylic acids is 2. The fraction of sp³-hybridized carbons (Fsp3) is 0.273. The topological polar surface area (TPSA) is 68.1 Å². The highest BCUT2D eigenvalue weighted by Gasteiger charge is 2.30. The van der Waals surface area contributed by atoms with E-state index < -0.39 is 0 Å². The molecule has 6 nitrogen and oxygen atoms in total. The summed E-state index contributed by atoms with van der Waals surface area (Å²) in [7, 11) is 0. The van der Waals surface area contributed by atoms with Crippen LogP contribution >= 0.6 is 0 Å². The molecule has 0 N–H and O–H groups in total. The van der Waals surface area contributed by atoms with Gasteiger partial charge < -0.3 is 4.90 Å². The largest absolute Gasteiger partial charge is 0.337 e. The van der Waals surface area contributed by atoms with E-state index in [4.69, 9.17) is 0 Å². The number of benzene rings is 2. The van der Waals surface area contributed by atoms with Crippen LogP contribution in [0, 0.1) is 12.8 Å². The van der Waals surface area contributed by atoms with Gasteiger partial charge in [0.25, 0.3) is 5.91 Å². The number of para-hydroxylation sites is 1. The Morgan fingerprint density at radius 2 is 1.50 bits per heavy atom. The van der Waals surface area contributed by atoms with Crippen LogP contribution in [0.3, 0.4) is 0 Å². The summed E-state index contributed by atoms with van der Waals surface area (Å²) in [6.45, 7) is 2.91. The average molecular weight is 374 g/mol. The molecule has 0 radical (unpaired) electrons. The third-order valence-electron chi connectivity index (χ3n) is 5.18. The van der Waals surface area contributed by atoms with Gasteiger partial charge in [-0.15, -0.1) is 5.10 Å². The van der Waals surface area contributed by atoms with Crippen LogP contribution in [-0.2, 0) is 0 Å². The number of likely N-dealkylation sites (tertiary alicyclic amines) is 1. The zero-order valence-electron chi connectivity index (χ0n) is 15.8. The molecule has 3 aromatic rings. The van der Waals surface area contributed by atoms with E-state index in [-0.39, 0.29) is 17.6 Å². The molecular formula is C22H22N4O2. The maximum absolute atomic E-state index is 12.9. The number of carbonyl (C=O) groups is 2. The van der Waals surface area contributed by atoms with Crippen LogP contribution in [0.25, 0.3) is 5.69 Å². The summed E-state index contributed by atoms with van der Waals surface area (Å²) >= 11 is 0. The first-order valence-corrected chi connectivity index (χ1v) is 9.51. The first-order valence-electron chi connectivity index (χ1n) is 9.51. The maximum atomic E-state index is 12.9. The van der Waals surface area contributed by atoms with Crippen molar-refractivity contribution in [3.05, 3.63) is 77.6 Å². The summed E-state index contributed by atoms with van der Waals surface area (Å²) in [6.07, 6.45) is 1.34. The smallest absolute Gasteiger partial charge is 0.276 e. The van der Waals surface area contributed by atoms with Crippen molar-refractivity contribution in [3.63, 3.8) is 0 Å². The van der Waals surface area contributed by atoms with Crippen LogP contribution in [0.15, 0.2) is 60.7 Å². The van der Waals surface area contributed by atoms with Crippen LogP contribution in [0.4, 0.5) is 0 Å². The van der Waals surface area contributed by atoms with E-state index in [9.17, 15) is 9.59 Å². The number of aryl methyl sites for hydroxylation is 1. The number of piperidine rings is 1. The van der Waals surface area contributed by atoms with Gasteiger partial charge in [0, 0.05) is 24.6 Å². The van der Waals surface area contributed by atoms with Crippen molar-refractivity contribution in [2.45, 2.75) is 19.8 Å². The highest BCUT2D eigenvalue weighted by Crippen LogP contribution is 2.23. The van der Waals surface area contributed by atoms with E-state index in [1.165, 1.54) is 4.80 Å². The predicted octanol–water partition coefficient (Wildman–Crippen LogP) is 3.31. The van der Waals surface area contributed by atoms with Crippen LogP contribution in [0.1, 0.15) is 39.4 Å². The van der Waals surface area contributed by atoms with Gasteiger partial charge in [-0.25, -0.2) is 0 Å². The number of aromatic nitrogens is 3. The molecule has 2 heterocycles. The van der Waals surface area contributed by atoms with Gasteiger partial charge in [0.2, 0.25) is 0 Å². The Kier molecular flexibility index (Phi) is 5.02. The summed E-state index contributed by atoms with van der Waals surface area (Å²) in [5.41, 5.74) is 2.54. The molecule has 1 aromatic heterocycles. The van der Waals surface area contributed by atoms with E-state index in [1.54, 1.807) is 11.8 Å². The van der Waals surface area contributed by atoms with Crippen LogP contribution in [0.5, 0.6) is 0 Å². The third-order valence-corrected chi connectivity index (χ3v) is 5.18. The second-order valence-corrected chi connectivity index (χ2v) is 7.06.